The number of anilines is 2. The number of nitrogens with zero attached hydrogens (tertiary/aromatic N) is 1. The second kappa shape index (κ2) is 9.81. The second-order valence-electron chi connectivity index (χ2n) is 6.56. The van der Waals surface area contributed by atoms with Gasteiger partial charge in [0.1, 0.15) is 0 Å². The lowest BCUT2D eigenvalue weighted by Crippen LogP contribution is -2.22. The predicted octanol–water partition coefficient (Wildman–Crippen LogP) is 5.04. The summed E-state index contributed by atoms with van der Waals surface area (Å²) in [4.78, 5) is 14.2. The van der Waals surface area contributed by atoms with E-state index >= 15 is 0 Å². The van der Waals surface area contributed by atoms with E-state index in [-0.39, 0.29) is 11.8 Å². The van der Waals surface area contributed by atoms with Gasteiger partial charge >= 0.3 is 0 Å². The Labute approximate surface area is 165 Å². The van der Waals surface area contributed by atoms with Gasteiger partial charge in [0.05, 0.1) is 21.7 Å². The summed E-state index contributed by atoms with van der Waals surface area (Å²) in [6.07, 6.45) is 2.65. The van der Waals surface area contributed by atoms with Crippen LogP contribution < -0.4 is 11.1 Å². The molecule has 0 heterocycles. The van der Waals surface area contributed by atoms with Crippen LogP contribution in [-0.4, -0.2) is 31.4 Å². The smallest absolute Gasteiger partial charge is 0.225 e. The van der Waals surface area contributed by atoms with Crippen LogP contribution >= 0.6 is 23.2 Å². The lowest BCUT2D eigenvalue weighted by atomic mass is 9.91. The topological polar surface area (TPSA) is 58.4 Å². The lowest BCUT2D eigenvalue weighted by Gasteiger charge is -2.20. The number of halogens is 2. The largest absolute Gasteiger partial charge is 0.369 e. The van der Waals surface area contributed by atoms with Crippen LogP contribution in [0.5, 0.6) is 0 Å². The highest BCUT2D eigenvalue weighted by Crippen LogP contribution is 2.36. The third-order valence-corrected chi connectivity index (χ3v) is 4.88. The van der Waals surface area contributed by atoms with Gasteiger partial charge in [-0.1, -0.05) is 53.9 Å². The monoisotopic (exact) mass is 393 g/mol. The Kier molecular flexibility index (Phi) is 7.76. The Bertz CT molecular complexity index is 729. The first kappa shape index (κ1) is 20.6. The molecule has 1 amide bonds. The highest BCUT2D eigenvalue weighted by Gasteiger charge is 2.21. The van der Waals surface area contributed by atoms with E-state index in [0.29, 0.717) is 22.2 Å². The van der Waals surface area contributed by atoms with Gasteiger partial charge in [0, 0.05) is 5.69 Å². The van der Waals surface area contributed by atoms with Crippen LogP contribution in [0.15, 0.2) is 42.5 Å². The molecule has 0 radical (unpaired) electrons. The average molecular weight is 394 g/mol. The Morgan fingerprint density at radius 1 is 1.08 bits per heavy atom. The van der Waals surface area contributed by atoms with Crippen LogP contribution in [0.3, 0.4) is 0 Å². The maximum atomic E-state index is 12.1. The summed E-state index contributed by atoms with van der Waals surface area (Å²) in [6, 6.07) is 13.0. The number of hydrogen-bond acceptors (Lipinski definition) is 3. The number of amides is 1. The quantitative estimate of drug-likeness (QED) is 0.586. The van der Waals surface area contributed by atoms with Crippen molar-refractivity contribution in [3.8, 4) is 0 Å². The van der Waals surface area contributed by atoms with Crippen LogP contribution in [0.25, 0.3) is 0 Å². The number of hydrogen-bond donors (Lipinski definition) is 2. The third-order valence-electron chi connectivity index (χ3n) is 4.25. The number of rotatable bonds is 9. The van der Waals surface area contributed by atoms with Gasteiger partial charge in [0.15, 0.2) is 0 Å². The molecular weight excluding hydrogens is 369 g/mol. The first-order valence-corrected chi connectivity index (χ1v) is 9.39. The fourth-order valence-electron chi connectivity index (χ4n) is 2.89. The minimum Gasteiger partial charge on any atom is -0.369 e. The molecule has 0 aliphatic carbocycles. The van der Waals surface area contributed by atoms with E-state index in [0.717, 1.165) is 30.6 Å². The summed E-state index contributed by atoms with van der Waals surface area (Å²) in [5.41, 5.74) is 7.98. The first-order chi connectivity index (χ1) is 12.4. The third kappa shape index (κ3) is 5.63. The van der Waals surface area contributed by atoms with Crippen LogP contribution in [0.1, 0.15) is 30.7 Å². The molecular formula is C20H25Cl2N3O. The maximum Gasteiger partial charge on any atom is 0.225 e. The molecule has 0 saturated heterocycles. The number of nitrogens with one attached hydrogen (secondary N) is 1. The van der Waals surface area contributed by atoms with Gasteiger partial charge in [-0.05, 0) is 57.2 Å². The van der Waals surface area contributed by atoms with Crippen LogP contribution in [0, 0.1) is 0 Å². The number of carbonyl (C=O) groups is 1. The molecule has 0 aliphatic heterocycles. The van der Waals surface area contributed by atoms with E-state index in [9.17, 15) is 4.79 Å². The van der Waals surface area contributed by atoms with E-state index in [1.54, 1.807) is 18.2 Å². The molecule has 2 rings (SSSR count). The van der Waals surface area contributed by atoms with Crippen molar-refractivity contribution < 1.29 is 4.79 Å². The molecule has 2 aromatic carbocycles. The lowest BCUT2D eigenvalue weighted by molar-refractivity contribution is -0.119. The molecule has 3 N–H and O–H groups in total. The molecule has 0 saturated carbocycles. The Hall–Kier alpha value is -1.75. The molecule has 26 heavy (non-hydrogen) atoms. The number of unbranched alkanes of at least 4 members (excludes halogenated alkanes) is 1. The van der Waals surface area contributed by atoms with Gasteiger partial charge in [-0.15, -0.1) is 0 Å². The molecule has 1 atom stereocenters. The zero-order chi connectivity index (χ0) is 19.1. The van der Waals surface area contributed by atoms with Gasteiger partial charge in [0.25, 0.3) is 0 Å². The zero-order valence-corrected chi connectivity index (χ0v) is 16.6. The molecule has 0 bridgehead atoms. The Balaban J connectivity index is 2.23. The van der Waals surface area contributed by atoms with Crippen molar-refractivity contribution in [2.45, 2.75) is 25.2 Å². The van der Waals surface area contributed by atoms with E-state index in [1.165, 1.54) is 0 Å². The highest BCUT2D eigenvalue weighted by atomic mass is 35.5. The van der Waals surface area contributed by atoms with E-state index in [1.807, 2.05) is 38.4 Å². The molecule has 2 aromatic rings. The minimum absolute atomic E-state index is 0.325. The number of benzene rings is 2. The summed E-state index contributed by atoms with van der Waals surface area (Å²) >= 11 is 12.5. The second-order valence-corrected chi connectivity index (χ2v) is 7.38. The van der Waals surface area contributed by atoms with Crippen molar-refractivity contribution in [3.63, 3.8) is 0 Å². The van der Waals surface area contributed by atoms with Crippen molar-refractivity contribution in [1.82, 2.24) is 4.90 Å². The molecule has 0 unspecified atom stereocenters. The summed E-state index contributed by atoms with van der Waals surface area (Å²) in [5, 5.41) is 4.32. The number of carbonyl (C=O) groups excluding carboxylic acids is 1. The molecule has 0 fully saturated rings. The van der Waals surface area contributed by atoms with Crippen LogP contribution in [-0.2, 0) is 4.79 Å². The van der Waals surface area contributed by atoms with Gasteiger partial charge in [-0.2, -0.15) is 0 Å². The van der Waals surface area contributed by atoms with Crippen molar-refractivity contribution >= 4 is 40.5 Å². The summed E-state index contributed by atoms with van der Waals surface area (Å²) in [6.45, 7) is 0.987. The van der Waals surface area contributed by atoms with Gasteiger partial charge in [-0.3, -0.25) is 4.79 Å². The van der Waals surface area contributed by atoms with Crippen molar-refractivity contribution in [3.05, 3.63) is 58.1 Å². The summed E-state index contributed by atoms with van der Waals surface area (Å²) < 4.78 is 0. The van der Waals surface area contributed by atoms with Crippen molar-refractivity contribution in [2.24, 2.45) is 5.73 Å². The fraction of sp³-hybridized carbons (Fsp3) is 0.350. The first-order valence-electron chi connectivity index (χ1n) is 8.64. The number of primary amides is 1. The maximum absolute atomic E-state index is 12.1. The Morgan fingerprint density at radius 3 is 2.35 bits per heavy atom. The summed E-state index contributed by atoms with van der Waals surface area (Å²) in [5.74, 6) is -0.684. The number of para-hydroxylation sites is 2. The molecule has 0 spiro atoms. The molecule has 4 nitrogen and oxygen atoms in total. The van der Waals surface area contributed by atoms with Gasteiger partial charge < -0.3 is 16.0 Å². The summed E-state index contributed by atoms with van der Waals surface area (Å²) in [7, 11) is 4.08. The average Bonchev–Trinajstić information content (AvgIpc) is 2.58. The molecule has 0 aromatic heterocycles. The molecule has 140 valence electrons. The zero-order valence-electron chi connectivity index (χ0n) is 15.1. The van der Waals surface area contributed by atoms with E-state index in [4.69, 9.17) is 28.9 Å². The fourth-order valence-corrected chi connectivity index (χ4v) is 3.39. The number of nitrogens with two attached hydrogens (primary N) is 1. The van der Waals surface area contributed by atoms with Crippen molar-refractivity contribution in [2.75, 3.05) is 26.0 Å². The van der Waals surface area contributed by atoms with Gasteiger partial charge in [0.2, 0.25) is 5.91 Å². The van der Waals surface area contributed by atoms with E-state index in [2.05, 4.69) is 10.2 Å². The standard InChI is InChI=1S/C20H25Cl2N3O/c1-25(2)13-6-5-9-15(20(23)26)14-8-3-4-12-18(14)24-19-16(21)10-7-11-17(19)22/h3-4,7-8,10-12,15,24H,5-6,9,13H2,1-2H3,(H2,23,26)/t15-/m1/s1. The normalized spacial score (nSPS) is 12.2. The predicted molar refractivity (Wildman–Crippen MR) is 111 cm³/mol. The highest BCUT2D eigenvalue weighted by molar-refractivity contribution is 6.39. The Morgan fingerprint density at radius 2 is 1.73 bits per heavy atom. The van der Waals surface area contributed by atoms with Crippen LogP contribution in [0.2, 0.25) is 10.0 Å². The molecule has 0 aliphatic rings. The van der Waals surface area contributed by atoms with Crippen molar-refractivity contribution in [1.29, 1.82) is 0 Å². The minimum atomic E-state index is -0.359. The SMILES string of the molecule is CN(C)CCCC[C@@H](C(N)=O)c1ccccc1Nc1c(Cl)cccc1Cl. The van der Waals surface area contributed by atoms with Gasteiger partial charge in [-0.25, -0.2) is 0 Å². The van der Waals surface area contributed by atoms with E-state index < -0.39 is 0 Å². The molecule has 6 heteroatoms. The van der Waals surface area contributed by atoms with Crippen LogP contribution in [0.4, 0.5) is 11.4 Å².